The molecule has 2 nitrogen and oxygen atoms in total. The third kappa shape index (κ3) is 4.41. The number of ether oxygens (including phenoxy) is 1. The molecule has 2 aliphatic rings. The van der Waals surface area contributed by atoms with E-state index >= 15 is 0 Å². The highest BCUT2D eigenvalue weighted by Gasteiger charge is 2.35. The van der Waals surface area contributed by atoms with E-state index < -0.39 is 23.4 Å². The van der Waals surface area contributed by atoms with Gasteiger partial charge in [-0.15, -0.1) is 0 Å². The van der Waals surface area contributed by atoms with Crippen LogP contribution in [0.3, 0.4) is 0 Å². The summed E-state index contributed by atoms with van der Waals surface area (Å²) in [6.07, 6.45) is 10.1. The largest absolute Gasteiger partial charge is 0.426 e. The standard InChI is InChI=1S/C21H27F3O2/c1-2-3-13-4-5-16(10-13)14-6-8-15(9-7-14)21(25)26-17-11-18(22)20(24)19(23)12-17/h11-16H,2-10H2,1H3. The highest BCUT2D eigenvalue weighted by atomic mass is 19.2. The van der Waals surface area contributed by atoms with Crippen molar-refractivity contribution in [3.63, 3.8) is 0 Å². The zero-order valence-corrected chi connectivity index (χ0v) is 15.3. The summed E-state index contributed by atoms with van der Waals surface area (Å²) in [5, 5.41) is 0. The lowest BCUT2D eigenvalue weighted by Crippen LogP contribution is -2.28. The van der Waals surface area contributed by atoms with Crippen LogP contribution in [0.2, 0.25) is 0 Å². The van der Waals surface area contributed by atoms with Gasteiger partial charge in [0.2, 0.25) is 0 Å². The Morgan fingerprint density at radius 1 is 1.00 bits per heavy atom. The summed E-state index contributed by atoms with van der Waals surface area (Å²) in [6.45, 7) is 2.24. The number of carbonyl (C=O) groups is 1. The third-order valence-corrected chi connectivity index (χ3v) is 6.23. The van der Waals surface area contributed by atoms with Gasteiger partial charge in [0.05, 0.1) is 5.92 Å². The van der Waals surface area contributed by atoms with Crippen molar-refractivity contribution in [1.29, 1.82) is 0 Å². The van der Waals surface area contributed by atoms with Crippen molar-refractivity contribution in [1.82, 2.24) is 0 Å². The van der Waals surface area contributed by atoms with Gasteiger partial charge in [0, 0.05) is 12.1 Å². The van der Waals surface area contributed by atoms with Gasteiger partial charge in [-0.2, -0.15) is 0 Å². The van der Waals surface area contributed by atoms with Crippen molar-refractivity contribution in [2.24, 2.45) is 23.7 Å². The molecule has 0 aliphatic heterocycles. The van der Waals surface area contributed by atoms with Crippen LogP contribution in [-0.4, -0.2) is 5.97 Å². The Labute approximate surface area is 153 Å². The van der Waals surface area contributed by atoms with E-state index in [1.807, 2.05) is 0 Å². The second-order valence-corrected chi connectivity index (χ2v) is 7.96. The van der Waals surface area contributed by atoms with Crippen LogP contribution in [0.25, 0.3) is 0 Å². The minimum absolute atomic E-state index is 0.240. The van der Waals surface area contributed by atoms with Crippen LogP contribution in [-0.2, 0) is 4.79 Å². The molecule has 0 amide bonds. The van der Waals surface area contributed by atoms with E-state index in [-0.39, 0.29) is 11.7 Å². The Hall–Kier alpha value is -1.52. The minimum atomic E-state index is -1.55. The third-order valence-electron chi connectivity index (χ3n) is 6.23. The SMILES string of the molecule is CCCC1CCC(C2CCC(C(=O)Oc3cc(F)c(F)c(F)c3)CC2)C1. The molecule has 144 valence electrons. The minimum Gasteiger partial charge on any atom is -0.426 e. The van der Waals surface area contributed by atoms with E-state index in [2.05, 4.69) is 6.92 Å². The summed E-state index contributed by atoms with van der Waals surface area (Å²) in [6, 6.07) is 1.43. The lowest BCUT2D eigenvalue weighted by Gasteiger charge is -2.31. The first-order valence-electron chi connectivity index (χ1n) is 9.84. The molecule has 0 radical (unpaired) electrons. The molecule has 2 unspecified atom stereocenters. The molecular weight excluding hydrogens is 341 g/mol. The average molecular weight is 368 g/mol. The fourth-order valence-corrected chi connectivity index (χ4v) is 4.83. The molecule has 0 saturated heterocycles. The molecule has 2 fully saturated rings. The van der Waals surface area contributed by atoms with E-state index in [1.54, 1.807) is 0 Å². The van der Waals surface area contributed by atoms with Crippen LogP contribution < -0.4 is 4.74 Å². The van der Waals surface area contributed by atoms with E-state index in [0.717, 1.165) is 37.5 Å². The van der Waals surface area contributed by atoms with Crippen molar-refractivity contribution in [3.05, 3.63) is 29.6 Å². The van der Waals surface area contributed by atoms with Gasteiger partial charge in [0.15, 0.2) is 17.5 Å². The molecule has 0 spiro atoms. The van der Waals surface area contributed by atoms with E-state index in [9.17, 15) is 18.0 Å². The summed E-state index contributed by atoms with van der Waals surface area (Å²) in [7, 11) is 0. The molecule has 2 atom stereocenters. The van der Waals surface area contributed by atoms with Gasteiger partial charge in [0.1, 0.15) is 5.75 Å². The molecule has 0 bridgehead atoms. The van der Waals surface area contributed by atoms with Gasteiger partial charge in [-0.25, -0.2) is 13.2 Å². The molecule has 5 heteroatoms. The number of esters is 1. The van der Waals surface area contributed by atoms with E-state index in [0.29, 0.717) is 18.1 Å². The highest BCUT2D eigenvalue weighted by Crippen LogP contribution is 2.44. The number of carbonyl (C=O) groups excluding carboxylic acids is 1. The maximum absolute atomic E-state index is 13.2. The predicted molar refractivity (Wildman–Crippen MR) is 93.1 cm³/mol. The lowest BCUT2D eigenvalue weighted by atomic mass is 9.75. The quantitative estimate of drug-likeness (QED) is 0.360. The molecule has 3 rings (SSSR count). The van der Waals surface area contributed by atoms with Crippen molar-refractivity contribution in [2.75, 3.05) is 0 Å². The summed E-state index contributed by atoms with van der Waals surface area (Å²) in [5.41, 5.74) is 0. The first-order valence-corrected chi connectivity index (χ1v) is 9.84. The van der Waals surface area contributed by atoms with Crippen molar-refractivity contribution < 1.29 is 22.7 Å². The molecular formula is C21H27F3O2. The first-order chi connectivity index (χ1) is 12.5. The van der Waals surface area contributed by atoms with E-state index in [4.69, 9.17) is 4.74 Å². The highest BCUT2D eigenvalue weighted by molar-refractivity contribution is 5.75. The van der Waals surface area contributed by atoms with Crippen LogP contribution in [0.1, 0.15) is 64.7 Å². The molecule has 1 aromatic rings. The fourth-order valence-electron chi connectivity index (χ4n) is 4.83. The van der Waals surface area contributed by atoms with Gasteiger partial charge in [-0.3, -0.25) is 4.79 Å². The van der Waals surface area contributed by atoms with Gasteiger partial charge >= 0.3 is 5.97 Å². The maximum atomic E-state index is 13.2. The predicted octanol–water partition coefficient (Wildman–Crippen LogP) is 6.03. The molecule has 1 aromatic carbocycles. The summed E-state index contributed by atoms with van der Waals surface area (Å²) < 4.78 is 44.5. The van der Waals surface area contributed by atoms with Crippen molar-refractivity contribution in [2.45, 2.75) is 64.7 Å². The maximum Gasteiger partial charge on any atom is 0.314 e. The van der Waals surface area contributed by atoms with Crippen LogP contribution >= 0.6 is 0 Å². The number of benzene rings is 1. The number of halogens is 3. The average Bonchev–Trinajstić information content (AvgIpc) is 3.09. The van der Waals surface area contributed by atoms with Crippen LogP contribution in [0.15, 0.2) is 12.1 Å². The first kappa shape index (κ1) is 19.2. The van der Waals surface area contributed by atoms with Gasteiger partial charge < -0.3 is 4.74 Å². The zero-order chi connectivity index (χ0) is 18.7. The second-order valence-electron chi connectivity index (χ2n) is 7.96. The van der Waals surface area contributed by atoms with Gasteiger partial charge in [-0.1, -0.05) is 26.2 Å². The Balaban J connectivity index is 1.49. The summed E-state index contributed by atoms with van der Waals surface area (Å²) >= 11 is 0. The lowest BCUT2D eigenvalue weighted by molar-refractivity contribution is -0.140. The Kier molecular flexibility index (Phi) is 6.25. The molecule has 2 aliphatic carbocycles. The van der Waals surface area contributed by atoms with Crippen LogP contribution in [0.4, 0.5) is 13.2 Å². The molecule has 0 heterocycles. The zero-order valence-electron chi connectivity index (χ0n) is 15.3. The number of hydrogen-bond donors (Lipinski definition) is 0. The van der Waals surface area contributed by atoms with Crippen LogP contribution in [0.5, 0.6) is 5.75 Å². The fraction of sp³-hybridized carbons (Fsp3) is 0.667. The Morgan fingerprint density at radius 2 is 1.62 bits per heavy atom. The Bertz CT molecular complexity index is 615. The van der Waals surface area contributed by atoms with Crippen molar-refractivity contribution >= 4 is 5.97 Å². The van der Waals surface area contributed by atoms with Crippen molar-refractivity contribution in [3.8, 4) is 5.75 Å². The topological polar surface area (TPSA) is 26.3 Å². The number of hydrogen-bond acceptors (Lipinski definition) is 2. The smallest absolute Gasteiger partial charge is 0.314 e. The van der Waals surface area contributed by atoms with Gasteiger partial charge in [-0.05, 0) is 56.3 Å². The monoisotopic (exact) mass is 368 g/mol. The molecule has 2 saturated carbocycles. The molecule has 0 aromatic heterocycles. The normalized spacial score (nSPS) is 28.9. The summed E-state index contributed by atoms with van der Waals surface area (Å²) in [4.78, 5) is 12.3. The molecule has 0 N–H and O–H groups in total. The number of rotatable bonds is 5. The van der Waals surface area contributed by atoms with Gasteiger partial charge in [0.25, 0.3) is 0 Å². The summed E-state index contributed by atoms with van der Waals surface area (Å²) in [5.74, 6) is -2.89. The van der Waals surface area contributed by atoms with Crippen LogP contribution in [0, 0.1) is 41.1 Å². The Morgan fingerprint density at radius 3 is 2.23 bits per heavy atom. The van der Waals surface area contributed by atoms with E-state index in [1.165, 1.54) is 32.1 Å². The molecule has 26 heavy (non-hydrogen) atoms. The second kappa shape index (κ2) is 8.45.